The average molecular weight is 483 g/mol. The first kappa shape index (κ1) is 23.4. The molecule has 7 nitrogen and oxygen atoms in total. The molecule has 0 aliphatic carbocycles. The summed E-state index contributed by atoms with van der Waals surface area (Å²) in [5.41, 5.74) is 1.47. The van der Waals surface area contributed by atoms with Crippen LogP contribution in [0.3, 0.4) is 0 Å². The summed E-state index contributed by atoms with van der Waals surface area (Å²) in [5, 5.41) is 4.99. The first-order chi connectivity index (χ1) is 16.8. The summed E-state index contributed by atoms with van der Waals surface area (Å²) in [6.45, 7) is 7.88. The molecule has 0 amide bonds. The van der Waals surface area contributed by atoms with E-state index in [1.54, 1.807) is 6.07 Å². The number of para-hydroxylation sites is 1. The van der Waals surface area contributed by atoms with E-state index in [2.05, 4.69) is 24.9 Å². The van der Waals surface area contributed by atoms with Gasteiger partial charge in [-0.15, -0.1) is 0 Å². The Morgan fingerprint density at radius 1 is 0.971 bits per heavy atom. The van der Waals surface area contributed by atoms with E-state index in [1.165, 1.54) is 6.07 Å². The van der Waals surface area contributed by atoms with Gasteiger partial charge in [-0.3, -0.25) is 9.80 Å². The highest BCUT2D eigenvalue weighted by Crippen LogP contribution is 2.32. The van der Waals surface area contributed by atoms with Crippen LogP contribution in [0, 0.1) is 6.92 Å². The van der Waals surface area contributed by atoms with Crippen LogP contribution in [0.15, 0.2) is 53.1 Å². The molecule has 1 saturated heterocycles. The molecule has 5 rings (SSSR count). The highest BCUT2D eigenvalue weighted by Gasteiger charge is 2.31. The van der Waals surface area contributed by atoms with Crippen LogP contribution in [0.5, 0.6) is 0 Å². The molecule has 3 heterocycles. The second-order valence-corrected chi connectivity index (χ2v) is 8.77. The van der Waals surface area contributed by atoms with Crippen molar-refractivity contribution >= 4 is 10.9 Å². The molecule has 0 N–H and O–H groups in total. The van der Waals surface area contributed by atoms with Crippen molar-refractivity contribution in [1.29, 1.82) is 0 Å². The summed E-state index contributed by atoms with van der Waals surface area (Å²) in [6.07, 6.45) is -4.42. The predicted octanol–water partition coefficient (Wildman–Crippen LogP) is 4.89. The molecule has 4 aromatic rings. The molecule has 1 unspecified atom stereocenters. The third-order valence-corrected chi connectivity index (χ3v) is 6.41. The highest BCUT2D eigenvalue weighted by atomic mass is 19.4. The van der Waals surface area contributed by atoms with Crippen molar-refractivity contribution in [3.8, 4) is 11.4 Å². The molecule has 0 saturated carbocycles. The standard InChI is InChI=1S/C25H25F3N6O/c1-16-20-8-3-4-9-21(20)30-22(29-16)15-33-10-12-34(13-11-33)17(2)24-31-23(32-35-24)18-6-5-7-19(14-18)25(26,27)28/h3-9,14,17H,10-13,15H2,1-2H3. The fraction of sp³-hybridized carbons (Fsp3) is 0.360. The zero-order valence-corrected chi connectivity index (χ0v) is 19.5. The Kier molecular flexibility index (Phi) is 6.24. The number of halogens is 3. The Bertz CT molecular complexity index is 1330. The van der Waals surface area contributed by atoms with Crippen LogP contribution in [-0.4, -0.2) is 56.1 Å². The fourth-order valence-electron chi connectivity index (χ4n) is 4.39. The van der Waals surface area contributed by atoms with Crippen LogP contribution in [0.1, 0.15) is 35.9 Å². The molecule has 10 heteroatoms. The SMILES string of the molecule is Cc1nc(CN2CCN(C(C)c3nc(-c4cccc(C(F)(F)F)c4)no3)CC2)nc2ccccc12. The van der Waals surface area contributed by atoms with Gasteiger partial charge in [0.25, 0.3) is 0 Å². The number of aromatic nitrogens is 4. The number of hydrogen-bond acceptors (Lipinski definition) is 7. The molecule has 0 radical (unpaired) electrons. The van der Waals surface area contributed by atoms with Gasteiger partial charge in [0, 0.05) is 42.8 Å². The van der Waals surface area contributed by atoms with Gasteiger partial charge in [-0.1, -0.05) is 35.5 Å². The molecule has 35 heavy (non-hydrogen) atoms. The smallest absolute Gasteiger partial charge is 0.337 e. The summed E-state index contributed by atoms with van der Waals surface area (Å²) in [5.74, 6) is 1.35. The Morgan fingerprint density at radius 2 is 1.74 bits per heavy atom. The molecule has 2 aromatic heterocycles. The van der Waals surface area contributed by atoms with Crippen molar-refractivity contribution in [3.63, 3.8) is 0 Å². The molecule has 1 aliphatic heterocycles. The maximum Gasteiger partial charge on any atom is 0.416 e. The van der Waals surface area contributed by atoms with Gasteiger partial charge in [0.05, 0.1) is 23.7 Å². The van der Waals surface area contributed by atoms with Crippen molar-refractivity contribution < 1.29 is 17.7 Å². The van der Waals surface area contributed by atoms with Gasteiger partial charge in [0.15, 0.2) is 0 Å². The Morgan fingerprint density at radius 3 is 2.51 bits per heavy atom. The number of piperazine rings is 1. The number of benzene rings is 2. The van der Waals surface area contributed by atoms with E-state index in [-0.39, 0.29) is 17.4 Å². The Balaban J connectivity index is 1.22. The lowest BCUT2D eigenvalue weighted by Crippen LogP contribution is -2.46. The Hall–Kier alpha value is -3.37. The normalized spacial score (nSPS) is 16.6. The van der Waals surface area contributed by atoms with Gasteiger partial charge < -0.3 is 4.52 Å². The van der Waals surface area contributed by atoms with Gasteiger partial charge in [-0.25, -0.2) is 9.97 Å². The maximum absolute atomic E-state index is 13.0. The van der Waals surface area contributed by atoms with Crippen molar-refractivity contribution in [2.24, 2.45) is 0 Å². The molecule has 2 aromatic carbocycles. The second-order valence-electron chi connectivity index (χ2n) is 8.77. The number of rotatable bonds is 5. The summed E-state index contributed by atoms with van der Waals surface area (Å²) in [7, 11) is 0. The van der Waals surface area contributed by atoms with E-state index < -0.39 is 11.7 Å². The number of hydrogen-bond donors (Lipinski definition) is 0. The van der Waals surface area contributed by atoms with Crippen molar-refractivity contribution in [2.45, 2.75) is 32.6 Å². The molecule has 182 valence electrons. The van der Waals surface area contributed by atoms with Crippen LogP contribution < -0.4 is 0 Å². The van der Waals surface area contributed by atoms with E-state index in [9.17, 15) is 13.2 Å². The number of alkyl halides is 3. The second kappa shape index (κ2) is 9.35. The van der Waals surface area contributed by atoms with Gasteiger partial charge >= 0.3 is 6.18 Å². The number of fused-ring (bicyclic) bond motifs is 1. The monoisotopic (exact) mass is 482 g/mol. The van der Waals surface area contributed by atoms with E-state index in [4.69, 9.17) is 9.51 Å². The van der Waals surface area contributed by atoms with Crippen LogP contribution in [0.2, 0.25) is 0 Å². The first-order valence-corrected chi connectivity index (χ1v) is 11.5. The van der Waals surface area contributed by atoms with Crippen LogP contribution in [0.25, 0.3) is 22.3 Å². The van der Waals surface area contributed by atoms with E-state index in [1.807, 2.05) is 38.1 Å². The largest absolute Gasteiger partial charge is 0.416 e. The van der Waals surface area contributed by atoms with Crippen molar-refractivity contribution in [1.82, 2.24) is 29.9 Å². The lowest BCUT2D eigenvalue weighted by Gasteiger charge is -2.36. The third kappa shape index (κ3) is 5.03. The molecule has 0 bridgehead atoms. The molecule has 1 aliphatic rings. The minimum absolute atomic E-state index is 0.150. The minimum Gasteiger partial charge on any atom is -0.337 e. The van der Waals surface area contributed by atoms with Crippen molar-refractivity contribution in [2.75, 3.05) is 26.2 Å². The summed E-state index contributed by atoms with van der Waals surface area (Å²) in [4.78, 5) is 18.3. The van der Waals surface area contributed by atoms with Crippen LogP contribution >= 0.6 is 0 Å². The van der Waals surface area contributed by atoms with Crippen molar-refractivity contribution in [3.05, 3.63) is 71.5 Å². The lowest BCUT2D eigenvalue weighted by atomic mass is 10.1. The topological polar surface area (TPSA) is 71.2 Å². The van der Waals surface area contributed by atoms with E-state index in [0.29, 0.717) is 12.4 Å². The molecule has 1 fully saturated rings. The molecular formula is C25H25F3N6O. The number of aryl methyl sites for hydroxylation is 1. The van der Waals surface area contributed by atoms with Gasteiger partial charge in [0.1, 0.15) is 5.82 Å². The zero-order valence-electron chi connectivity index (χ0n) is 19.5. The quantitative estimate of drug-likeness (QED) is 0.401. The van der Waals surface area contributed by atoms with Gasteiger partial charge in [-0.2, -0.15) is 18.2 Å². The minimum atomic E-state index is -4.42. The zero-order chi connectivity index (χ0) is 24.6. The summed E-state index contributed by atoms with van der Waals surface area (Å²) in [6, 6.07) is 12.8. The molecule has 0 spiro atoms. The average Bonchev–Trinajstić information content (AvgIpc) is 3.34. The highest BCUT2D eigenvalue weighted by molar-refractivity contribution is 5.80. The van der Waals surface area contributed by atoms with Gasteiger partial charge in [-0.05, 0) is 32.0 Å². The molecule has 1 atom stereocenters. The molecular weight excluding hydrogens is 457 g/mol. The van der Waals surface area contributed by atoms with E-state index in [0.717, 1.165) is 60.7 Å². The third-order valence-electron chi connectivity index (χ3n) is 6.41. The maximum atomic E-state index is 13.0. The van der Waals surface area contributed by atoms with Crippen LogP contribution in [0.4, 0.5) is 13.2 Å². The Labute approximate surface area is 200 Å². The summed E-state index contributed by atoms with van der Waals surface area (Å²) < 4.78 is 44.5. The predicted molar refractivity (Wildman–Crippen MR) is 124 cm³/mol. The fourth-order valence-corrected chi connectivity index (χ4v) is 4.39. The number of nitrogens with zero attached hydrogens (tertiary/aromatic N) is 6. The van der Waals surface area contributed by atoms with Crippen LogP contribution in [-0.2, 0) is 12.7 Å². The summed E-state index contributed by atoms with van der Waals surface area (Å²) >= 11 is 0. The lowest BCUT2D eigenvalue weighted by molar-refractivity contribution is -0.137. The van der Waals surface area contributed by atoms with Gasteiger partial charge in [0.2, 0.25) is 11.7 Å². The first-order valence-electron chi connectivity index (χ1n) is 11.5. The van der Waals surface area contributed by atoms with E-state index >= 15 is 0 Å².